The molecule has 0 spiro atoms. The number of benzene rings is 2. The molecule has 0 aliphatic heterocycles. The quantitative estimate of drug-likeness (QED) is 0.338. The Kier molecular flexibility index (Phi) is 6.57. The third kappa shape index (κ3) is 4.92. The molecule has 0 saturated carbocycles. The van der Waals surface area contributed by atoms with Gasteiger partial charge in [0.2, 0.25) is 0 Å². The van der Waals surface area contributed by atoms with Crippen molar-refractivity contribution in [3.05, 3.63) is 56.5 Å². The van der Waals surface area contributed by atoms with E-state index in [0.717, 1.165) is 4.47 Å². The first-order valence-electron chi connectivity index (χ1n) is 7.30. The van der Waals surface area contributed by atoms with Crippen molar-refractivity contribution < 1.29 is 19.1 Å². The molecule has 2 aromatic rings. The summed E-state index contributed by atoms with van der Waals surface area (Å²) in [6.45, 7) is 4.70. The molecule has 24 heavy (non-hydrogen) atoms. The molecule has 0 aliphatic rings. The van der Waals surface area contributed by atoms with Crippen molar-refractivity contribution in [3.63, 3.8) is 0 Å². The molecule has 0 bridgehead atoms. The summed E-state index contributed by atoms with van der Waals surface area (Å²) < 4.78 is 12.4. The fourth-order valence-electron chi connectivity index (χ4n) is 1.86. The van der Waals surface area contributed by atoms with E-state index in [2.05, 4.69) is 45.7 Å². The van der Waals surface area contributed by atoms with Crippen LogP contribution in [0.2, 0.25) is 0 Å². The molecule has 0 aliphatic carbocycles. The Hall–Kier alpha value is -1.66. The Morgan fingerprint density at radius 2 is 1.83 bits per heavy atom. The van der Waals surface area contributed by atoms with Crippen molar-refractivity contribution >= 4 is 44.1 Å². The van der Waals surface area contributed by atoms with Gasteiger partial charge in [-0.15, -0.1) is 0 Å². The molecule has 126 valence electrons. The van der Waals surface area contributed by atoms with Gasteiger partial charge in [0.25, 0.3) is 0 Å². The maximum Gasteiger partial charge on any atom is 0.343 e. The van der Waals surface area contributed by atoms with E-state index in [1.165, 1.54) is 0 Å². The van der Waals surface area contributed by atoms with E-state index in [0.29, 0.717) is 40.2 Å². The molecule has 0 atom stereocenters. The standard InChI is InChI=1S/C18H16Br2O4/c1-11(2)10-23-17-5-3-12(8-15(17)20)18(22)24-16-6-4-14(19)7-13(16)9-21/h3-9,11H,10H2,1-2H3. The predicted octanol–water partition coefficient (Wildman–Crippen LogP) is 5.28. The molecule has 2 rings (SSSR count). The zero-order valence-corrected chi connectivity index (χ0v) is 16.4. The van der Waals surface area contributed by atoms with E-state index >= 15 is 0 Å². The van der Waals surface area contributed by atoms with E-state index in [4.69, 9.17) is 9.47 Å². The summed E-state index contributed by atoms with van der Waals surface area (Å²) in [6.07, 6.45) is 0.645. The number of carbonyl (C=O) groups is 2. The fraction of sp³-hybridized carbons (Fsp3) is 0.222. The average molecular weight is 456 g/mol. The third-order valence-corrected chi connectivity index (χ3v) is 4.15. The van der Waals surface area contributed by atoms with Gasteiger partial charge in [0.1, 0.15) is 11.5 Å². The summed E-state index contributed by atoms with van der Waals surface area (Å²) in [7, 11) is 0. The summed E-state index contributed by atoms with van der Waals surface area (Å²) >= 11 is 6.66. The van der Waals surface area contributed by atoms with Crippen molar-refractivity contribution in [2.45, 2.75) is 13.8 Å². The van der Waals surface area contributed by atoms with Gasteiger partial charge >= 0.3 is 5.97 Å². The van der Waals surface area contributed by atoms with E-state index < -0.39 is 5.97 Å². The molecule has 6 heteroatoms. The Bertz CT molecular complexity index is 757. The molecule has 0 saturated heterocycles. The van der Waals surface area contributed by atoms with Crippen LogP contribution < -0.4 is 9.47 Å². The van der Waals surface area contributed by atoms with Crippen molar-refractivity contribution in [2.75, 3.05) is 6.61 Å². The van der Waals surface area contributed by atoms with Gasteiger partial charge in [-0.25, -0.2) is 4.79 Å². The lowest BCUT2D eigenvalue weighted by Gasteiger charge is -2.12. The molecule has 0 fully saturated rings. The highest BCUT2D eigenvalue weighted by atomic mass is 79.9. The smallest absolute Gasteiger partial charge is 0.343 e. The number of aldehydes is 1. The second-order valence-electron chi connectivity index (χ2n) is 5.54. The number of rotatable bonds is 6. The molecule has 4 nitrogen and oxygen atoms in total. The zero-order valence-electron chi connectivity index (χ0n) is 13.2. The molecule has 0 heterocycles. The third-order valence-electron chi connectivity index (χ3n) is 3.04. The van der Waals surface area contributed by atoms with Crippen LogP contribution in [0.4, 0.5) is 0 Å². The monoisotopic (exact) mass is 454 g/mol. The number of halogens is 2. The maximum absolute atomic E-state index is 12.3. The fourth-order valence-corrected chi connectivity index (χ4v) is 2.74. The molecule has 0 amide bonds. The second kappa shape index (κ2) is 8.44. The molecule has 2 aromatic carbocycles. The largest absolute Gasteiger partial charge is 0.492 e. The number of carbonyl (C=O) groups excluding carboxylic acids is 2. The van der Waals surface area contributed by atoms with E-state index in [9.17, 15) is 9.59 Å². The zero-order chi connectivity index (χ0) is 17.7. The van der Waals surface area contributed by atoms with Crippen LogP contribution in [-0.4, -0.2) is 18.9 Å². The van der Waals surface area contributed by atoms with Crippen molar-refractivity contribution in [2.24, 2.45) is 5.92 Å². The lowest BCUT2D eigenvalue weighted by atomic mass is 10.2. The van der Waals surface area contributed by atoms with Gasteiger partial charge in [-0.3, -0.25) is 4.79 Å². The Balaban J connectivity index is 2.16. The van der Waals surface area contributed by atoms with Crippen LogP contribution in [0.25, 0.3) is 0 Å². The lowest BCUT2D eigenvalue weighted by molar-refractivity contribution is 0.0733. The summed E-state index contributed by atoms with van der Waals surface area (Å²) in [4.78, 5) is 23.4. The first kappa shape index (κ1) is 18.7. The number of hydrogen-bond donors (Lipinski definition) is 0. The summed E-state index contributed by atoms with van der Waals surface area (Å²) in [5.74, 6) is 0.740. The number of ether oxygens (including phenoxy) is 2. The first-order chi connectivity index (χ1) is 11.4. The van der Waals surface area contributed by atoms with Crippen molar-refractivity contribution in [1.29, 1.82) is 0 Å². The predicted molar refractivity (Wildman–Crippen MR) is 99.0 cm³/mol. The van der Waals surface area contributed by atoms with Crippen LogP contribution in [0.1, 0.15) is 34.6 Å². The average Bonchev–Trinajstić information content (AvgIpc) is 2.55. The van der Waals surface area contributed by atoms with E-state index in [1.807, 2.05) is 0 Å². The minimum Gasteiger partial charge on any atom is -0.492 e. The highest BCUT2D eigenvalue weighted by Crippen LogP contribution is 2.28. The molecule has 0 N–H and O–H groups in total. The number of esters is 1. The molecule has 0 aromatic heterocycles. The second-order valence-corrected chi connectivity index (χ2v) is 7.31. The molecule has 0 unspecified atom stereocenters. The van der Waals surface area contributed by atoms with Crippen LogP contribution in [-0.2, 0) is 0 Å². The minimum atomic E-state index is -0.545. The van der Waals surface area contributed by atoms with Crippen LogP contribution in [0.3, 0.4) is 0 Å². The first-order valence-corrected chi connectivity index (χ1v) is 8.88. The van der Waals surface area contributed by atoms with Crippen molar-refractivity contribution in [1.82, 2.24) is 0 Å². The van der Waals surface area contributed by atoms with Crippen molar-refractivity contribution in [3.8, 4) is 11.5 Å². The van der Waals surface area contributed by atoms with Crippen LogP contribution in [0, 0.1) is 5.92 Å². The van der Waals surface area contributed by atoms with Gasteiger partial charge in [-0.2, -0.15) is 0 Å². The van der Waals surface area contributed by atoms with Gasteiger partial charge in [0.05, 0.1) is 22.2 Å². The topological polar surface area (TPSA) is 52.6 Å². The summed E-state index contributed by atoms with van der Waals surface area (Å²) in [6, 6.07) is 9.84. The van der Waals surface area contributed by atoms with Crippen LogP contribution >= 0.6 is 31.9 Å². The Labute approximate surface area is 157 Å². The highest BCUT2D eigenvalue weighted by Gasteiger charge is 2.14. The van der Waals surface area contributed by atoms with Gasteiger partial charge in [0, 0.05) is 4.47 Å². The molecular formula is C18H16Br2O4. The lowest BCUT2D eigenvalue weighted by Crippen LogP contribution is -2.10. The summed E-state index contributed by atoms with van der Waals surface area (Å²) in [5, 5.41) is 0. The van der Waals surface area contributed by atoms with Crippen LogP contribution in [0.15, 0.2) is 45.3 Å². The van der Waals surface area contributed by atoms with E-state index in [-0.39, 0.29) is 5.75 Å². The molecule has 0 radical (unpaired) electrons. The van der Waals surface area contributed by atoms with Gasteiger partial charge in [-0.1, -0.05) is 29.8 Å². The highest BCUT2D eigenvalue weighted by molar-refractivity contribution is 9.10. The SMILES string of the molecule is CC(C)COc1ccc(C(=O)Oc2ccc(Br)cc2C=O)cc1Br. The van der Waals surface area contributed by atoms with Gasteiger partial charge < -0.3 is 9.47 Å². The maximum atomic E-state index is 12.3. The summed E-state index contributed by atoms with van der Waals surface area (Å²) in [5.41, 5.74) is 0.659. The Morgan fingerprint density at radius 3 is 2.46 bits per heavy atom. The minimum absolute atomic E-state index is 0.217. The van der Waals surface area contributed by atoms with Gasteiger partial charge in [-0.05, 0) is 58.2 Å². The Morgan fingerprint density at radius 1 is 1.12 bits per heavy atom. The van der Waals surface area contributed by atoms with E-state index in [1.54, 1.807) is 36.4 Å². The molecular weight excluding hydrogens is 440 g/mol. The normalized spacial score (nSPS) is 10.5. The van der Waals surface area contributed by atoms with Gasteiger partial charge in [0.15, 0.2) is 6.29 Å². The van der Waals surface area contributed by atoms with Crippen LogP contribution in [0.5, 0.6) is 11.5 Å². The number of hydrogen-bond acceptors (Lipinski definition) is 4.